The Morgan fingerprint density at radius 2 is 2.04 bits per heavy atom. The van der Waals surface area contributed by atoms with Crippen molar-refractivity contribution in [2.45, 2.75) is 12.8 Å². The van der Waals surface area contributed by atoms with Crippen LogP contribution in [0.2, 0.25) is 5.02 Å². The lowest BCUT2D eigenvalue weighted by atomic mass is 10.1. The molecule has 0 aliphatic heterocycles. The zero-order chi connectivity index (χ0) is 17.5. The lowest BCUT2D eigenvalue weighted by molar-refractivity contribution is 0.0176. The number of fused-ring (bicyclic) bond motifs is 1. The average Bonchev–Trinajstić information content (AvgIpc) is 2.54. The quantitative estimate of drug-likeness (QED) is 0.784. The van der Waals surface area contributed by atoms with Gasteiger partial charge in [0.05, 0.1) is 10.5 Å². The summed E-state index contributed by atoms with van der Waals surface area (Å²) in [4.78, 5) is 20.5. The Kier molecular flexibility index (Phi) is 3.96. The second-order valence-corrected chi connectivity index (χ2v) is 5.66. The molecule has 1 aromatic carbocycles. The third-order valence-electron chi connectivity index (χ3n) is 3.59. The first kappa shape index (κ1) is 16.3. The first-order chi connectivity index (χ1) is 11.3. The molecule has 8 heteroatoms. The van der Waals surface area contributed by atoms with E-state index < -0.39 is 11.6 Å². The summed E-state index contributed by atoms with van der Waals surface area (Å²) in [5.74, 6) is -2.61. The normalized spacial score (nSPS) is 11.7. The molecule has 124 valence electrons. The number of nitrogens with one attached hydrogen (secondary N) is 1. The summed E-state index contributed by atoms with van der Waals surface area (Å²) in [6.07, 6.45) is 1.46. The number of nitrogens with zero attached hydrogens (tertiary/aromatic N) is 3. The first-order valence-electron chi connectivity index (χ1n) is 7.06. The van der Waals surface area contributed by atoms with Crippen LogP contribution in [-0.4, -0.2) is 21.6 Å². The number of alkyl halides is 2. The maximum absolute atomic E-state index is 13.7. The summed E-state index contributed by atoms with van der Waals surface area (Å²) in [5, 5.41) is 3.52. The summed E-state index contributed by atoms with van der Waals surface area (Å²) >= 11 is 6.12. The Morgan fingerprint density at radius 1 is 1.29 bits per heavy atom. The van der Waals surface area contributed by atoms with Gasteiger partial charge in [0.25, 0.3) is 5.92 Å². The Hall–Kier alpha value is -2.54. The van der Waals surface area contributed by atoms with E-state index in [4.69, 9.17) is 11.6 Å². The van der Waals surface area contributed by atoms with Crippen molar-refractivity contribution in [3.8, 4) is 5.82 Å². The topological polar surface area (TPSA) is 59.8 Å². The van der Waals surface area contributed by atoms with Gasteiger partial charge in [0.1, 0.15) is 5.82 Å². The molecule has 24 heavy (non-hydrogen) atoms. The van der Waals surface area contributed by atoms with Crippen molar-refractivity contribution in [3.63, 3.8) is 0 Å². The smallest absolute Gasteiger partial charge is 0.355 e. The maximum Gasteiger partial charge on any atom is 0.355 e. The Bertz CT molecular complexity index is 982. The molecule has 0 fully saturated rings. The molecule has 5 nitrogen and oxygen atoms in total. The minimum Gasteiger partial charge on any atom is -0.372 e. The van der Waals surface area contributed by atoms with Gasteiger partial charge in [0.2, 0.25) is 0 Å². The number of halogens is 3. The molecule has 1 N–H and O–H groups in total. The molecule has 0 aliphatic rings. The fourth-order valence-corrected chi connectivity index (χ4v) is 2.64. The van der Waals surface area contributed by atoms with Crippen molar-refractivity contribution in [3.05, 3.63) is 57.6 Å². The van der Waals surface area contributed by atoms with E-state index in [1.807, 2.05) is 0 Å². The number of rotatable bonds is 3. The predicted octanol–water partition coefficient (Wildman–Crippen LogP) is 3.59. The highest BCUT2D eigenvalue weighted by Crippen LogP contribution is 2.32. The zero-order valence-electron chi connectivity index (χ0n) is 12.8. The van der Waals surface area contributed by atoms with Gasteiger partial charge in [-0.3, -0.25) is 0 Å². The van der Waals surface area contributed by atoms with Crippen molar-refractivity contribution in [1.29, 1.82) is 0 Å². The molecular formula is C16H13ClF2N4O. The summed E-state index contributed by atoms with van der Waals surface area (Å²) < 4.78 is 28.6. The van der Waals surface area contributed by atoms with Crippen LogP contribution in [0.4, 0.5) is 14.6 Å². The van der Waals surface area contributed by atoms with Crippen LogP contribution < -0.4 is 11.0 Å². The molecular weight excluding hydrogens is 338 g/mol. The first-order valence-corrected chi connectivity index (χ1v) is 7.44. The van der Waals surface area contributed by atoms with Gasteiger partial charge in [-0.25, -0.2) is 23.1 Å². The molecule has 2 heterocycles. The maximum atomic E-state index is 13.7. The van der Waals surface area contributed by atoms with Crippen LogP contribution in [-0.2, 0) is 5.92 Å². The standard InChI is InChI=1S/C16H13ClF2N4O/c1-16(18,19)9-5-6-10-12(8-9)23(15(24)22-13(10)20-2)14-11(17)4-3-7-21-14/h3-8H,1-2H3,(H,20,22,24). The van der Waals surface area contributed by atoms with Crippen LogP contribution in [0.5, 0.6) is 0 Å². The van der Waals surface area contributed by atoms with Crippen molar-refractivity contribution in [1.82, 2.24) is 14.5 Å². The highest BCUT2D eigenvalue weighted by atomic mass is 35.5. The molecule has 0 spiro atoms. The minimum atomic E-state index is -3.05. The molecule has 0 amide bonds. The van der Waals surface area contributed by atoms with Crippen LogP contribution in [0.15, 0.2) is 41.3 Å². The molecule has 2 aromatic heterocycles. The molecule has 0 saturated carbocycles. The molecule has 0 bridgehead atoms. The van der Waals surface area contributed by atoms with Gasteiger partial charge in [-0.1, -0.05) is 17.7 Å². The van der Waals surface area contributed by atoms with Crippen LogP contribution in [0, 0.1) is 0 Å². The van der Waals surface area contributed by atoms with Crippen molar-refractivity contribution >= 4 is 28.3 Å². The highest BCUT2D eigenvalue weighted by Gasteiger charge is 2.26. The van der Waals surface area contributed by atoms with E-state index in [1.165, 1.54) is 24.4 Å². The van der Waals surface area contributed by atoms with Crippen LogP contribution in [0.3, 0.4) is 0 Å². The number of hydrogen-bond donors (Lipinski definition) is 1. The van der Waals surface area contributed by atoms with Gasteiger partial charge in [-0.15, -0.1) is 0 Å². The predicted molar refractivity (Wildman–Crippen MR) is 89.3 cm³/mol. The minimum absolute atomic E-state index is 0.140. The third-order valence-corrected chi connectivity index (χ3v) is 3.88. The van der Waals surface area contributed by atoms with Gasteiger partial charge in [0.15, 0.2) is 5.82 Å². The molecule has 3 rings (SSSR count). The van der Waals surface area contributed by atoms with E-state index in [-0.39, 0.29) is 21.9 Å². The van der Waals surface area contributed by atoms with E-state index in [1.54, 1.807) is 19.2 Å². The fraction of sp³-hybridized carbons (Fsp3) is 0.188. The molecule has 0 unspecified atom stereocenters. The van der Waals surface area contributed by atoms with E-state index in [9.17, 15) is 13.6 Å². The van der Waals surface area contributed by atoms with Crippen molar-refractivity contribution in [2.75, 3.05) is 12.4 Å². The summed E-state index contributed by atoms with van der Waals surface area (Å²) in [5.41, 5.74) is -0.633. The molecule has 3 aromatic rings. The fourth-order valence-electron chi connectivity index (χ4n) is 2.44. The van der Waals surface area contributed by atoms with E-state index in [0.29, 0.717) is 11.2 Å². The van der Waals surface area contributed by atoms with Gasteiger partial charge >= 0.3 is 5.69 Å². The van der Waals surface area contributed by atoms with Crippen molar-refractivity contribution < 1.29 is 8.78 Å². The summed E-state index contributed by atoms with van der Waals surface area (Å²) in [6.45, 7) is 0.796. The van der Waals surface area contributed by atoms with E-state index in [2.05, 4.69) is 15.3 Å². The van der Waals surface area contributed by atoms with Gasteiger partial charge < -0.3 is 5.32 Å². The van der Waals surface area contributed by atoms with Crippen molar-refractivity contribution in [2.24, 2.45) is 0 Å². The number of anilines is 1. The van der Waals surface area contributed by atoms with Crippen LogP contribution >= 0.6 is 11.6 Å². The molecule has 0 aliphatic carbocycles. The summed E-state index contributed by atoms with van der Waals surface area (Å²) in [7, 11) is 1.60. The highest BCUT2D eigenvalue weighted by molar-refractivity contribution is 6.32. The summed E-state index contributed by atoms with van der Waals surface area (Å²) in [6, 6.07) is 7.23. The third kappa shape index (κ3) is 2.71. The average molecular weight is 351 g/mol. The number of pyridine rings is 1. The lowest BCUT2D eigenvalue weighted by Crippen LogP contribution is -2.24. The Morgan fingerprint density at radius 3 is 2.67 bits per heavy atom. The van der Waals surface area contributed by atoms with Gasteiger partial charge in [0, 0.05) is 31.1 Å². The molecule has 0 radical (unpaired) electrons. The largest absolute Gasteiger partial charge is 0.372 e. The van der Waals surface area contributed by atoms with E-state index >= 15 is 0 Å². The molecule has 0 saturated heterocycles. The van der Waals surface area contributed by atoms with Crippen LogP contribution in [0.1, 0.15) is 12.5 Å². The SMILES string of the molecule is CNc1nc(=O)n(-c2ncccc2Cl)c2cc(C(C)(F)F)ccc12. The van der Waals surface area contributed by atoms with Crippen LogP contribution in [0.25, 0.3) is 16.7 Å². The van der Waals surface area contributed by atoms with Gasteiger partial charge in [-0.2, -0.15) is 4.98 Å². The Balaban J connectivity index is 2.46. The number of benzene rings is 1. The number of hydrogen-bond acceptors (Lipinski definition) is 4. The van der Waals surface area contributed by atoms with Gasteiger partial charge in [-0.05, 0) is 24.3 Å². The second-order valence-electron chi connectivity index (χ2n) is 5.26. The Labute approximate surface area is 140 Å². The molecule has 0 atom stereocenters. The zero-order valence-corrected chi connectivity index (χ0v) is 13.6. The number of aromatic nitrogens is 3. The monoisotopic (exact) mass is 350 g/mol. The second kappa shape index (κ2) is 5.83. The van der Waals surface area contributed by atoms with E-state index in [0.717, 1.165) is 11.5 Å². The lowest BCUT2D eigenvalue weighted by Gasteiger charge is -2.16.